The van der Waals surface area contributed by atoms with Crippen LogP contribution in [0.4, 0.5) is 0 Å². The van der Waals surface area contributed by atoms with Gasteiger partial charge in [0, 0.05) is 13.1 Å². The van der Waals surface area contributed by atoms with Gasteiger partial charge in [0.2, 0.25) is 0 Å². The maximum Gasteiger partial charge on any atom is 0.265 e. The molecule has 0 aliphatic rings. The molecule has 0 radical (unpaired) electrons. The van der Waals surface area contributed by atoms with Crippen LogP contribution in [0.1, 0.15) is 22.2 Å². The van der Waals surface area contributed by atoms with Crippen LogP contribution in [0.15, 0.2) is 42.0 Å². The zero-order chi connectivity index (χ0) is 12.1. The van der Waals surface area contributed by atoms with Gasteiger partial charge in [-0.25, -0.2) is 0 Å². The minimum absolute atomic E-state index is 0.0545. The second-order valence-electron chi connectivity index (χ2n) is 3.67. The van der Waals surface area contributed by atoms with Gasteiger partial charge >= 0.3 is 0 Å². The number of hydrogen-bond acceptors (Lipinski definition) is 3. The van der Waals surface area contributed by atoms with Gasteiger partial charge < -0.3 is 4.90 Å². The van der Waals surface area contributed by atoms with Crippen LogP contribution in [-0.2, 0) is 6.54 Å². The first-order valence-corrected chi connectivity index (χ1v) is 6.41. The van der Waals surface area contributed by atoms with Crippen LogP contribution in [0.2, 0.25) is 0 Å². The van der Waals surface area contributed by atoms with E-state index in [-0.39, 0.29) is 5.91 Å². The summed E-state index contributed by atoms with van der Waals surface area (Å²) in [7, 11) is 0. The summed E-state index contributed by atoms with van der Waals surface area (Å²) >= 11 is 1.38. The van der Waals surface area contributed by atoms with Crippen LogP contribution in [0.25, 0.3) is 0 Å². The fourth-order valence-corrected chi connectivity index (χ4v) is 2.20. The molecule has 0 unspecified atom stereocenters. The predicted molar refractivity (Wildman–Crippen MR) is 69.0 cm³/mol. The van der Waals surface area contributed by atoms with Gasteiger partial charge in [-0.05, 0) is 12.5 Å². The standard InChI is InChI=1S/C13H14N2OS/c1-2-15(9-11-6-4-3-5-7-11)13(16)12-8-14-10-17-12/h3-8,10H,2,9H2,1H3. The van der Waals surface area contributed by atoms with Gasteiger partial charge in [-0.2, -0.15) is 0 Å². The highest BCUT2D eigenvalue weighted by molar-refractivity contribution is 7.11. The quantitative estimate of drug-likeness (QED) is 0.831. The van der Waals surface area contributed by atoms with E-state index in [0.29, 0.717) is 18.0 Å². The van der Waals surface area contributed by atoms with Crippen LogP contribution in [0.5, 0.6) is 0 Å². The lowest BCUT2D eigenvalue weighted by Crippen LogP contribution is -2.29. The van der Waals surface area contributed by atoms with E-state index in [9.17, 15) is 4.79 Å². The van der Waals surface area contributed by atoms with Crippen molar-refractivity contribution in [3.05, 3.63) is 52.5 Å². The molecule has 17 heavy (non-hydrogen) atoms. The zero-order valence-corrected chi connectivity index (χ0v) is 10.5. The highest BCUT2D eigenvalue weighted by Crippen LogP contribution is 2.12. The van der Waals surface area contributed by atoms with Crippen molar-refractivity contribution in [2.24, 2.45) is 0 Å². The van der Waals surface area contributed by atoms with Gasteiger partial charge in [-0.1, -0.05) is 30.3 Å². The van der Waals surface area contributed by atoms with Gasteiger partial charge in [0.25, 0.3) is 5.91 Å². The third kappa shape index (κ3) is 2.91. The number of benzene rings is 1. The molecule has 3 nitrogen and oxygen atoms in total. The molecule has 1 amide bonds. The maximum absolute atomic E-state index is 12.1. The smallest absolute Gasteiger partial charge is 0.265 e. The van der Waals surface area contributed by atoms with E-state index in [4.69, 9.17) is 0 Å². The van der Waals surface area contributed by atoms with Gasteiger partial charge in [-0.15, -0.1) is 11.3 Å². The Kier molecular flexibility index (Phi) is 3.88. The molecule has 2 rings (SSSR count). The molecular formula is C13H14N2OS. The average Bonchev–Trinajstić information content (AvgIpc) is 2.90. The molecule has 1 heterocycles. The first kappa shape index (κ1) is 11.8. The largest absolute Gasteiger partial charge is 0.334 e. The monoisotopic (exact) mass is 246 g/mol. The lowest BCUT2D eigenvalue weighted by Gasteiger charge is -2.19. The van der Waals surface area contributed by atoms with Crippen molar-refractivity contribution in [3.63, 3.8) is 0 Å². The Bertz CT molecular complexity index is 467. The second kappa shape index (κ2) is 5.59. The summed E-state index contributed by atoms with van der Waals surface area (Å²) in [5, 5.41) is 0. The summed E-state index contributed by atoms with van der Waals surface area (Å²) in [6.07, 6.45) is 1.63. The Balaban J connectivity index is 2.10. The number of thiazole rings is 1. The Morgan fingerprint density at radius 1 is 1.35 bits per heavy atom. The number of rotatable bonds is 4. The minimum Gasteiger partial charge on any atom is -0.334 e. The average molecular weight is 246 g/mol. The van der Waals surface area contributed by atoms with E-state index in [1.807, 2.05) is 42.2 Å². The minimum atomic E-state index is 0.0545. The SMILES string of the molecule is CCN(Cc1ccccc1)C(=O)c1cncs1. The number of nitrogens with zero attached hydrogens (tertiary/aromatic N) is 2. The summed E-state index contributed by atoms with van der Waals surface area (Å²) < 4.78 is 0. The third-order valence-electron chi connectivity index (χ3n) is 2.53. The number of carbonyl (C=O) groups is 1. The predicted octanol–water partition coefficient (Wildman–Crippen LogP) is 2.81. The Morgan fingerprint density at radius 2 is 2.12 bits per heavy atom. The van der Waals surface area contributed by atoms with E-state index in [2.05, 4.69) is 4.98 Å². The fraction of sp³-hybridized carbons (Fsp3) is 0.231. The van der Waals surface area contributed by atoms with E-state index in [1.165, 1.54) is 11.3 Å². The van der Waals surface area contributed by atoms with Crippen molar-refractivity contribution < 1.29 is 4.79 Å². The van der Waals surface area contributed by atoms with Crippen molar-refractivity contribution in [1.82, 2.24) is 9.88 Å². The molecule has 0 bridgehead atoms. The third-order valence-corrected chi connectivity index (χ3v) is 3.29. The summed E-state index contributed by atoms with van der Waals surface area (Å²) in [6, 6.07) is 10.0. The first-order chi connectivity index (χ1) is 8.31. The Labute approximate surface area is 105 Å². The topological polar surface area (TPSA) is 33.2 Å². The van der Waals surface area contributed by atoms with Crippen molar-refractivity contribution in [2.75, 3.05) is 6.54 Å². The van der Waals surface area contributed by atoms with Crippen LogP contribution < -0.4 is 0 Å². The molecule has 0 N–H and O–H groups in total. The first-order valence-electron chi connectivity index (χ1n) is 5.53. The molecule has 0 aliphatic heterocycles. The van der Waals surface area contributed by atoms with Crippen LogP contribution >= 0.6 is 11.3 Å². The van der Waals surface area contributed by atoms with Crippen molar-refractivity contribution in [1.29, 1.82) is 0 Å². The molecule has 88 valence electrons. The zero-order valence-electron chi connectivity index (χ0n) is 9.67. The molecule has 4 heteroatoms. The van der Waals surface area contributed by atoms with Crippen LogP contribution in [-0.4, -0.2) is 22.3 Å². The van der Waals surface area contributed by atoms with Gasteiger partial charge in [-0.3, -0.25) is 9.78 Å². The summed E-state index contributed by atoms with van der Waals surface area (Å²) in [4.78, 5) is 18.6. The van der Waals surface area contributed by atoms with Crippen molar-refractivity contribution in [2.45, 2.75) is 13.5 Å². The molecule has 0 fully saturated rings. The summed E-state index contributed by atoms with van der Waals surface area (Å²) in [6.45, 7) is 3.33. The highest BCUT2D eigenvalue weighted by Gasteiger charge is 2.15. The molecule has 0 saturated carbocycles. The molecule has 0 spiro atoms. The highest BCUT2D eigenvalue weighted by atomic mass is 32.1. The van der Waals surface area contributed by atoms with E-state index in [0.717, 1.165) is 5.56 Å². The number of amides is 1. The van der Waals surface area contributed by atoms with E-state index in [1.54, 1.807) is 11.7 Å². The van der Waals surface area contributed by atoms with Gasteiger partial charge in [0.05, 0.1) is 11.7 Å². The second-order valence-corrected chi connectivity index (χ2v) is 4.56. The van der Waals surface area contributed by atoms with E-state index >= 15 is 0 Å². The van der Waals surface area contributed by atoms with Gasteiger partial charge in [0.15, 0.2) is 0 Å². The van der Waals surface area contributed by atoms with Crippen molar-refractivity contribution >= 4 is 17.2 Å². The summed E-state index contributed by atoms with van der Waals surface area (Å²) in [5.41, 5.74) is 2.83. The number of carbonyl (C=O) groups excluding carboxylic acids is 1. The summed E-state index contributed by atoms with van der Waals surface area (Å²) in [5.74, 6) is 0.0545. The lowest BCUT2D eigenvalue weighted by molar-refractivity contribution is 0.0757. The molecule has 2 aromatic rings. The Hall–Kier alpha value is -1.68. The fourth-order valence-electron chi connectivity index (χ4n) is 1.61. The number of aromatic nitrogens is 1. The molecular weight excluding hydrogens is 232 g/mol. The molecule has 1 aromatic heterocycles. The number of hydrogen-bond donors (Lipinski definition) is 0. The molecule has 1 aromatic carbocycles. The Morgan fingerprint density at radius 3 is 2.71 bits per heavy atom. The molecule has 0 atom stereocenters. The maximum atomic E-state index is 12.1. The molecule has 0 aliphatic carbocycles. The normalized spacial score (nSPS) is 10.2. The lowest BCUT2D eigenvalue weighted by atomic mass is 10.2. The van der Waals surface area contributed by atoms with E-state index < -0.39 is 0 Å². The molecule has 0 saturated heterocycles. The van der Waals surface area contributed by atoms with Crippen LogP contribution in [0, 0.1) is 0 Å². The van der Waals surface area contributed by atoms with Crippen molar-refractivity contribution in [3.8, 4) is 0 Å². The van der Waals surface area contributed by atoms with Crippen LogP contribution in [0.3, 0.4) is 0 Å². The van der Waals surface area contributed by atoms with Gasteiger partial charge in [0.1, 0.15) is 4.88 Å².